The number of hydrogen-bond acceptors (Lipinski definition) is 6. The number of hydrogen-bond donors (Lipinski definition) is 1. The molecule has 0 aliphatic carbocycles. The zero-order chi connectivity index (χ0) is 18.4. The molecule has 2 aromatic carbocycles. The van der Waals surface area contributed by atoms with E-state index in [-0.39, 0.29) is 0 Å². The van der Waals surface area contributed by atoms with E-state index in [1.807, 2.05) is 49.5 Å². The minimum absolute atomic E-state index is 0.505. The third kappa shape index (κ3) is 4.22. The fourth-order valence-electron chi connectivity index (χ4n) is 2.58. The summed E-state index contributed by atoms with van der Waals surface area (Å²) in [4.78, 5) is 11.0. The van der Waals surface area contributed by atoms with Crippen LogP contribution >= 0.6 is 0 Å². The van der Waals surface area contributed by atoms with Crippen LogP contribution in [0.3, 0.4) is 0 Å². The average Bonchev–Trinajstić information content (AvgIpc) is 2.69. The van der Waals surface area contributed by atoms with Gasteiger partial charge in [-0.15, -0.1) is 0 Å². The molecule has 3 aromatic rings. The second-order valence-electron chi connectivity index (χ2n) is 5.77. The summed E-state index contributed by atoms with van der Waals surface area (Å²) < 4.78 is 10.6. The Morgan fingerprint density at radius 3 is 2.54 bits per heavy atom. The summed E-state index contributed by atoms with van der Waals surface area (Å²) in [6.07, 6.45) is 1.74. The summed E-state index contributed by atoms with van der Waals surface area (Å²) >= 11 is 0. The maximum atomic E-state index is 5.41. The fraction of sp³-hybridized carbons (Fsp3) is 0.200. The maximum Gasteiger partial charge on any atom is 0.229 e. The van der Waals surface area contributed by atoms with E-state index in [0.717, 1.165) is 23.8 Å². The SMILES string of the molecule is COc1ccc(Nc2nccc(N(C)Cc3ccccc3)n2)c(OC)c1. The number of nitrogens with zero attached hydrogens (tertiary/aromatic N) is 3. The van der Waals surface area contributed by atoms with Gasteiger partial charge in [-0.3, -0.25) is 0 Å². The molecule has 0 fully saturated rings. The first-order valence-electron chi connectivity index (χ1n) is 8.27. The van der Waals surface area contributed by atoms with Gasteiger partial charge in [-0.25, -0.2) is 4.98 Å². The van der Waals surface area contributed by atoms with Crippen molar-refractivity contribution in [1.82, 2.24) is 9.97 Å². The van der Waals surface area contributed by atoms with Gasteiger partial charge in [-0.05, 0) is 23.8 Å². The van der Waals surface area contributed by atoms with Gasteiger partial charge in [0.2, 0.25) is 5.95 Å². The molecule has 0 atom stereocenters. The molecule has 1 heterocycles. The number of rotatable bonds is 7. The number of aromatic nitrogens is 2. The minimum atomic E-state index is 0.505. The fourth-order valence-corrected chi connectivity index (χ4v) is 2.58. The molecule has 1 aromatic heterocycles. The van der Waals surface area contributed by atoms with Crippen molar-refractivity contribution in [2.24, 2.45) is 0 Å². The lowest BCUT2D eigenvalue weighted by Crippen LogP contribution is -2.18. The van der Waals surface area contributed by atoms with Crippen molar-refractivity contribution in [2.45, 2.75) is 6.54 Å². The monoisotopic (exact) mass is 350 g/mol. The molecular weight excluding hydrogens is 328 g/mol. The highest BCUT2D eigenvalue weighted by Gasteiger charge is 2.09. The standard InChI is InChI=1S/C20H22N4O2/c1-24(14-15-7-5-4-6-8-15)19-11-12-21-20(23-19)22-17-10-9-16(25-2)13-18(17)26-3/h4-13H,14H2,1-3H3,(H,21,22,23). The Morgan fingerprint density at radius 1 is 1.00 bits per heavy atom. The summed E-state index contributed by atoms with van der Waals surface area (Å²) in [7, 11) is 5.25. The lowest BCUT2D eigenvalue weighted by Gasteiger charge is -2.19. The van der Waals surface area contributed by atoms with E-state index < -0.39 is 0 Å². The first-order chi connectivity index (χ1) is 12.7. The highest BCUT2D eigenvalue weighted by Crippen LogP contribution is 2.30. The van der Waals surface area contributed by atoms with E-state index in [4.69, 9.17) is 9.47 Å². The van der Waals surface area contributed by atoms with E-state index in [1.54, 1.807) is 20.4 Å². The second-order valence-corrected chi connectivity index (χ2v) is 5.77. The van der Waals surface area contributed by atoms with Crippen LogP contribution in [0.25, 0.3) is 0 Å². The van der Waals surface area contributed by atoms with Crippen LogP contribution in [0.4, 0.5) is 17.5 Å². The lowest BCUT2D eigenvalue weighted by molar-refractivity contribution is 0.395. The van der Waals surface area contributed by atoms with Crippen LogP contribution in [0.1, 0.15) is 5.56 Å². The molecule has 0 radical (unpaired) electrons. The predicted molar refractivity (Wildman–Crippen MR) is 103 cm³/mol. The third-order valence-corrected chi connectivity index (χ3v) is 3.95. The molecule has 0 saturated carbocycles. The number of anilines is 3. The molecule has 0 aliphatic heterocycles. The minimum Gasteiger partial charge on any atom is -0.497 e. The van der Waals surface area contributed by atoms with Gasteiger partial charge in [-0.2, -0.15) is 4.98 Å². The Morgan fingerprint density at radius 2 is 1.81 bits per heavy atom. The van der Waals surface area contributed by atoms with Crippen LogP contribution in [0.5, 0.6) is 11.5 Å². The van der Waals surface area contributed by atoms with Crippen LogP contribution < -0.4 is 19.7 Å². The summed E-state index contributed by atoms with van der Waals surface area (Å²) in [5, 5.41) is 3.20. The van der Waals surface area contributed by atoms with Crippen LogP contribution in [0.2, 0.25) is 0 Å². The normalized spacial score (nSPS) is 10.3. The molecule has 0 spiro atoms. The molecule has 0 amide bonds. The van der Waals surface area contributed by atoms with Gasteiger partial charge in [0.1, 0.15) is 17.3 Å². The topological polar surface area (TPSA) is 59.5 Å². The zero-order valence-corrected chi connectivity index (χ0v) is 15.1. The molecule has 6 heteroatoms. The summed E-state index contributed by atoms with van der Waals surface area (Å²) in [6.45, 7) is 0.767. The number of benzene rings is 2. The Balaban J connectivity index is 1.77. The van der Waals surface area contributed by atoms with Crippen molar-refractivity contribution in [2.75, 3.05) is 31.5 Å². The van der Waals surface area contributed by atoms with E-state index >= 15 is 0 Å². The Hall–Kier alpha value is -3.28. The average molecular weight is 350 g/mol. The van der Waals surface area contributed by atoms with Crippen molar-refractivity contribution in [3.63, 3.8) is 0 Å². The molecule has 134 valence electrons. The van der Waals surface area contributed by atoms with Gasteiger partial charge in [0.25, 0.3) is 0 Å². The Bertz CT molecular complexity index is 855. The molecule has 0 aliphatic rings. The van der Waals surface area contributed by atoms with E-state index in [1.165, 1.54) is 5.56 Å². The first kappa shape index (κ1) is 17.5. The Kier molecular flexibility index (Phi) is 5.53. The molecule has 1 N–H and O–H groups in total. The van der Waals surface area contributed by atoms with Crippen molar-refractivity contribution in [3.05, 3.63) is 66.4 Å². The summed E-state index contributed by atoms with van der Waals surface area (Å²) in [5.74, 6) is 2.73. The number of ether oxygens (including phenoxy) is 2. The van der Waals surface area contributed by atoms with Gasteiger partial charge in [0, 0.05) is 25.9 Å². The van der Waals surface area contributed by atoms with Crippen LogP contribution in [0, 0.1) is 0 Å². The van der Waals surface area contributed by atoms with Crippen LogP contribution in [-0.2, 0) is 6.54 Å². The van der Waals surface area contributed by atoms with Crippen molar-refractivity contribution in [3.8, 4) is 11.5 Å². The smallest absolute Gasteiger partial charge is 0.229 e. The van der Waals surface area contributed by atoms with Crippen LogP contribution in [0.15, 0.2) is 60.8 Å². The van der Waals surface area contributed by atoms with Crippen LogP contribution in [-0.4, -0.2) is 31.2 Å². The third-order valence-electron chi connectivity index (χ3n) is 3.95. The van der Waals surface area contributed by atoms with Gasteiger partial charge >= 0.3 is 0 Å². The van der Waals surface area contributed by atoms with Crippen molar-refractivity contribution < 1.29 is 9.47 Å². The predicted octanol–water partition coefficient (Wildman–Crippen LogP) is 3.87. The van der Waals surface area contributed by atoms with E-state index in [2.05, 4.69) is 32.3 Å². The van der Waals surface area contributed by atoms with Gasteiger partial charge in [-0.1, -0.05) is 30.3 Å². The quantitative estimate of drug-likeness (QED) is 0.698. The highest BCUT2D eigenvalue weighted by molar-refractivity contribution is 5.65. The molecule has 3 rings (SSSR count). The Labute approximate surface area is 153 Å². The number of nitrogens with one attached hydrogen (secondary N) is 1. The highest BCUT2D eigenvalue weighted by atomic mass is 16.5. The summed E-state index contributed by atoms with van der Waals surface area (Å²) in [6, 6.07) is 17.7. The van der Waals surface area contributed by atoms with Gasteiger partial charge in [0.15, 0.2) is 0 Å². The second kappa shape index (κ2) is 8.20. The van der Waals surface area contributed by atoms with Crippen molar-refractivity contribution >= 4 is 17.5 Å². The van der Waals surface area contributed by atoms with Gasteiger partial charge in [0.05, 0.1) is 19.9 Å². The van der Waals surface area contributed by atoms with Crippen molar-refractivity contribution in [1.29, 1.82) is 0 Å². The zero-order valence-electron chi connectivity index (χ0n) is 15.1. The molecule has 6 nitrogen and oxygen atoms in total. The van der Waals surface area contributed by atoms with E-state index in [0.29, 0.717) is 11.7 Å². The number of methoxy groups -OCH3 is 2. The molecule has 0 saturated heterocycles. The molecule has 26 heavy (non-hydrogen) atoms. The molecule has 0 unspecified atom stereocenters. The molecular formula is C20H22N4O2. The maximum absolute atomic E-state index is 5.41. The van der Waals surface area contributed by atoms with Gasteiger partial charge < -0.3 is 19.7 Å². The van der Waals surface area contributed by atoms with E-state index in [9.17, 15) is 0 Å². The molecule has 0 bridgehead atoms. The summed E-state index contributed by atoms with van der Waals surface area (Å²) in [5.41, 5.74) is 2.00. The lowest BCUT2D eigenvalue weighted by atomic mass is 10.2. The largest absolute Gasteiger partial charge is 0.497 e. The first-order valence-corrected chi connectivity index (χ1v) is 8.27.